The van der Waals surface area contributed by atoms with Crippen LogP contribution >= 0.6 is 23.4 Å². The van der Waals surface area contributed by atoms with Gasteiger partial charge in [-0.05, 0) is 30.5 Å². The van der Waals surface area contributed by atoms with Crippen molar-refractivity contribution in [3.63, 3.8) is 0 Å². The van der Waals surface area contributed by atoms with Gasteiger partial charge >= 0.3 is 0 Å². The van der Waals surface area contributed by atoms with E-state index < -0.39 is 0 Å². The van der Waals surface area contributed by atoms with Crippen molar-refractivity contribution in [2.45, 2.75) is 30.5 Å². The van der Waals surface area contributed by atoms with E-state index in [9.17, 15) is 4.79 Å². The predicted octanol–water partition coefficient (Wildman–Crippen LogP) is 4.59. The van der Waals surface area contributed by atoms with Crippen LogP contribution in [0.3, 0.4) is 0 Å². The summed E-state index contributed by atoms with van der Waals surface area (Å²) in [5, 5.41) is 12.9. The molecule has 27 heavy (non-hydrogen) atoms. The number of nitrogens with one attached hydrogen (secondary N) is 1. The smallest absolute Gasteiger partial charge is 0.234 e. The summed E-state index contributed by atoms with van der Waals surface area (Å²) in [5.74, 6) is 1.65. The van der Waals surface area contributed by atoms with Crippen LogP contribution in [-0.4, -0.2) is 26.4 Å². The zero-order valence-electron chi connectivity index (χ0n) is 14.6. The van der Waals surface area contributed by atoms with E-state index >= 15 is 0 Å². The Morgan fingerprint density at radius 1 is 1.11 bits per heavy atom. The van der Waals surface area contributed by atoms with Gasteiger partial charge in [-0.3, -0.25) is 4.79 Å². The Labute approximate surface area is 167 Å². The molecule has 2 aromatic carbocycles. The third kappa shape index (κ3) is 4.51. The van der Waals surface area contributed by atoms with E-state index in [4.69, 9.17) is 11.6 Å². The lowest BCUT2D eigenvalue weighted by Crippen LogP contribution is -2.15. The van der Waals surface area contributed by atoms with Gasteiger partial charge in [-0.2, -0.15) is 0 Å². The maximum Gasteiger partial charge on any atom is 0.234 e. The van der Waals surface area contributed by atoms with Gasteiger partial charge in [0.2, 0.25) is 5.91 Å². The first kappa shape index (κ1) is 18.1. The van der Waals surface area contributed by atoms with E-state index in [1.807, 2.05) is 30.3 Å². The van der Waals surface area contributed by atoms with Gasteiger partial charge in [0, 0.05) is 5.92 Å². The fraction of sp³-hybridized carbons (Fsp3) is 0.250. The normalized spacial score (nSPS) is 13.5. The number of carbonyl (C=O) groups is 1. The molecule has 1 amide bonds. The van der Waals surface area contributed by atoms with Crippen LogP contribution in [0.5, 0.6) is 0 Å². The molecule has 0 saturated heterocycles. The molecular weight excluding hydrogens is 380 g/mol. The summed E-state index contributed by atoms with van der Waals surface area (Å²) < 4.78 is 2.14. The van der Waals surface area contributed by atoms with Crippen LogP contribution in [0.1, 0.15) is 30.1 Å². The molecule has 1 saturated carbocycles. The second-order valence-electron chi connectivity index (χ2n) is 6.50. The molecule has 138 valence electrons. The average molecular weight is 399 g/mol. The number of anilines is 1. The number of nitrogens with zero attached hydrogens (tertiary/aromatic N) is 3. The number of carbonyl (C=O) groups excluding carboxylic acids is 1. The van der Waals surface area contributed by atoms with Gasteiger partial charge in [0.15, 0.2) is 5.16 Å². The molecule has 7 heteroatoms. The monoisotopic (exact) mass is 398 g/mol. The lowest BCUT2D eigenvalue weighted by Gasteiger charge is -2.10. The van der Waals surface area contributed by atoms with Gasteiger partial charge < -0.3 is 9.88 Å². The third-order valence-corrected chi connectivity index (χ3v) is 5.65. The summed E-state index contributed by atoms with van der Waals surface area (Å²) >= 11 is 7.50. The van der Waals surface area contributed by atoms with Crippen LogP contribution in [0, 0.1) is 0 Å². The van der Waals surface area contributed by atoms with Crippen LogP contribution in [0.25, 0.3) is 0 Å². The van der Waals surface area contributed by atoms with Crippen molar-refractivity contribution < 1.29 is 4.79 Å². The first-order chi connectivity index (χ1) is 13.2. The number of benzene rings is 2. The second-order valence-corrected chi connectivity index (χ2v) is 7.85. The SMILES string of the molecule is O=C(CSc1nnc(C2CC2)n1Cc1ccccc1)Nc1ccccc1Cl. The molecule has 0 spiro atoms. The van der Waals surface area contributed by atoms with Gasteiger partial charge in [-0.25, -0.2) is 0 Å². The maximum atomic E-state index is 12.3. The zero-order chi connectivity index (χ0) is 18.6. The molecule has 1 aromatic heterocycles. The lowest BCUT2D eigenvalue weighted by molar-refractivity contribution is -0.113. The topological polar surface area (TPSA) is 59.8 Å². The Morgan fingerprint density at radius 3 is 2.59 bits per heavy atom. The van der Waals surface area contributed by atoms with Crippen LogP contribution in [0.15, 0.2) is 59.8 Å². The summed E-state index contributed by atoms with van der Waals surface area (Å²) in [4.78, 5) is 12.3. The van der Waals surface area contributed by atoms with Gasteiger partial charge in [-0.1, -0.05) is 65.8 Å². The fourth-order valence-electron chi connectivity index (χ4n) is 2.84. The summed E-state index contributed by atoms with van der Waals surface area (Å²) in [5.41, 5.74) is 1.82. The number of aromatic nitrogens is 3. The Morgan fingerprint density at radius 2 is 1.85 bits per heavy atom. The molecule has 0 aliphatic heterocycles. The summed E-state index contributed by atoms with van der Waals surface area (Å²) in [6, 6.07) is 17.5. The predicted molar refractivity (Wildman–Crippen MR) is 108 cm³/mol. The minimum atomic E-state index is -0.115. The van der Waals surface area contributed by atoms with Crippen molar-refractivity contribution in [2.24, 2.45) is 0 Å². The number of thioether (sulfide) groups is 1. The highest BCUT2D eigenvalue weighted by Gasteiger charge is 2.30. The molecule has 3 aromatic rings. The third-order valence-electron chi connectivity index (χ3n) is 4.35. The Bertz CT molecular complexity index is 940. The van der Waals surface area contributed by atoms with E-state index in [0.29, 0.717) is 23.2 Å². The van der Waals surface area contributed by atoms with Crippen molar-refractivity contribution in [1.29, 1.82) is 0 Å². The first-order valence-electron chi connectivity index (χ1n) is 8.85. The Kier molecular flexibility index (Phi) is 5.45. The van der Waals surface area contributed by atoms with E-state index in [2.05, 4.69) is 32.2 Å². The Balaban J connectivity index is 1.45. The van der Waals surface area contributed by atoms with E-state index in [1.165, 1.54) is 17.3 Å². The van der Waals surface area contributed by atoms with E-state index in [1.54, 1.807) is 12.1 Å². The second kappa shape index (κ2) is 8.15. The number of hydrogen-bond acceptors (Lipinski definition) is 4. The Hall–Kier alpha value is -2.31. The van der Waals surface area contributed by atoms with Gasteiger partial charge in [0.25, 0.3) is 0 Å². The average Bonchev–Trinajstić information content (AvgIpc) is 3.45. The van der Waals surface area contributed by atoms with Crippen molar-refractivity contribution in [3.8, 4) is 0 Å². The van der Waals surface area contributed by atoms with Crippen molar-refractivity contribution in [1.82, 2.24) is 14.8 Å². The molecule has 1 fully saturated rings. The number of amides is 1. The minimum Gasteiger partial charge on any atom is -0.324 e. The highest BCUT2D eigenvalue weighted by molar-refractivity contribution is 7.99. The van der Waals surface area contributed by atoms with Crippen LogP contribution in [0.2, 0.25) is 5.02 Å². The molecule has 5 nitrogen and oxygen atoms in total. The quantitative estimate of drug-likeness (QED) is 0.591. The largest absolute Gasteiger partial charge is 0.324 e. The maximum absolute atomic E-state index is 12.3. The highest BCUT2D eigenvalue weighted by atomic mass is 35.5. The van der Waals surface area contributed by atoms with Gasteiger partial charge in [-0.15, -0.1) is 10.2 Å². The van der Waals surface area contributed by atoms with Crippen LogP contribution < -0.4 is 5.32 Å². The number of halogens is 1. The summed E-state index contributed by atoms with van der Waals surface area (Å²) in [6.07, 6.45) is 2.31. The van der Waals surface area contributed by atoms with Crippen LogP contribution in [-0.2, 0) is 11.3 Å². The number of para-hydroxylation sites is 1. The van der Waals surface area contributed by atoms with E-state index in [0.717, 1.165) is 23.8 Å². The van der Waals surface area contributed by atoms with Crippen LogP contribution in [0.4, 0.5) is 5.69 Å². The van der Waals surface area contributed by atoms with Gasteiger partial charge in [0.1, 0.15) is 5.82 Å². The minimum absolute atomic E-state index is 0.115. The fourth-order valence-corrected chi connectivity index (χ4v) is 3.77. The molecule has 1 heterocycles. The van der Waals surface area contributed by atoms with Crippen molar-refractivity contribution in [2.75, 3.05) is 11.1 Å². The molecule has 0 unspecified atom stereocenters. The molecule has 1 N–H and O–H groups in total. The molecule has 0 bridgehead atoms. The first-order valence-corrected chi connectivity index (χ1v) is 10.2. The summed E-state index contributed by atoms with van der Waals surface area (Å²) in [6.45, 7) is 0.716. The molecule has 0 atom stereocenters. The zero-order valence-corrected chi connectivity index (χ0v) is 16.2. The lowest BCUT2D eigenvalue weighted by atomic mass is 10.2. The van der Waals surface area contributed by atoms with Crippen molar-refractivity contribution in [3.05, 3.63) is 71.0 Å². The highest BCUT2D eigenvalue weighted by Crippen LogP contribution is 2.40. The molecule has 1 aliphatic rings. The standard InChI is InChI=1S/C20H19ClN4OS/c21-16-8-4-5-9-17(16)22-18(26)13-27-20-24-23-19(15-10-11-15)25(20)12-14-6-2-1-3-7-14/h1-9,15H,10-13H2,(H,22,26). The molecular formula is C20H19ClN4OS. The molecule has 4 rings (SSSR count). The van der Waals surface area contributed by atoms with E-state index in [-0.39, 0.29) is 11.7 Å². The van der Waals surface area contributed by atoms with Gasteiger partial charge in [0.05, 0.1) is 23.0 Å². The van der Waals surface area contributed by atoms with Crippen molar-refractivity contribution >= 4 is 35.0 Å². The molecule has 1 aliphatic carbocycles. The molecule has 0 radical (unpaired) electrons. The number of hydrogen-bond donors (Lipinski definition) is 1. The summed E-state index contributed by atoms with van der Waals surface area (Å²) in [7, 11) is 0. The number of rotatable bonds is 7.